The normalized spacial score (nSPS) is 12.6. The van der Waals surface area contributed by atoms with E-state index >= 15 is 0 Å². The minimum Gasteiger partial charge on any atom is -0.748 e. The zero-order valence-corrected chi connectivity index (χ0v) is 44.7. The first-order chi connectivity index (χ1) is 31.4. The molecule has 0 aromatic rings. The molecule has 64 heavy (non-hydrogen) atoms. The molecule has 0 atom stereocenters. The monoisotopic (exact) mass is 918 g/mol. The van der Waals surface area contributed by atoms with Gasteiger partial charge in [0.05, 0.1) is 5.75 Å². The van der Waals surface area contributed by atoms with Gasteiger partial charge in [-0.25, -0.2) is 12.9 Å². The fraction of sp³-hybridized carbons (Fsp3) is 0.898. The third kappa shape index (κ3) is 50.5. The molecule has 0 N–H and O–H groups in total. The van der Waals surface area contributed by atoms with Gasteiger partial charge in [0.25, 0.3) is 0 Å². The van der Waals surface area contributed by atoms with E-state index in [2.05, 4.69) is 57.6 Å². The van der Waals surface area contributed by atoms with Crippen molar-refractivity contribution in [2.45, 2.75) is 329 Å². The van der Waals surface area contributed by atoms with Gasteiger partial charge in [-0.05, 0) is 56.8 Å². The average Bonchev–Trinajstić information content (AvgIpc) is 3.28. The molecule has 0 saturated carbocycles. The number of hydrogen-bond donors (Lipinski definition) is 0. The van der Waals surface area contributed by atoms with Gasteiger partial charge in [-0.15, -0.1) is 0 Å². The molecule has 0 rings (SSSR count). The van der Waals surface area contributed by atoms with Crippen molar-refractivity contribution in [1.82, 2.24) is 0 Å². The summed E-state index contributed by atoms with van der Waals surface area (Å²) in [4.78, 5) is 0. The Bertz CT molecular complexity index is 990. The highest BCUT2D eigenvalue weighted by molar-refractivity contribution is 7.85. The molecule has 0 aliphatic rings. The Morgan fingerprint density at radius 2 is 0.469 bits per heavy atom. The van der Waals surface area contributed by atoms with E-state index in [1.54, 1.807) is 0 Å². The second-order valence-electron chi connectivity index (χ2n) is 20.3. The lowest BCUT2D eigenvalue weighted by Crippen LogP contribution is -2.35. The molecule has 5 heteroatoms. The molecule has 0 fully saturated rings. The van der Waals surface area contributed by atoms with Crippen molar-refractivity contribution >= 4 is 10.1 Å². The first kappa shape index (κ1) is 63.1. The van der Waals surface area contributed by atoms with E-state index in [1.807, 2.05) is 0 Å². The fourth-order valence-electron chi connectivity index (χ4n) is 9.36. The van der Waals surface area contributed by atoms with Crippen LogP contribution in [0.2, 0.25) is 0 Å². The van der Waals surface area contributed by atoms with E-state index < -0.39 is 10.1 Å². The minimum atomic E-state index is -4.31. The van der Waals surface area contributed by atoms with Crippen LogP contribution < -0.4 is 0 Å². The Balaban J connectivity index is 4.81. The predicted octanol–water partition coefficient (Wildman–Crippen LogP) is 20.7. The maximum absolute atomic E-state index is 11.9. The summed E-state index contributed by atoms with van der Waals surface area (Å²) in [5.74, 6) is -0.344. The number of nitrogens with zero attached hydrogens (tertiary/aromatic N) is 1. The van der Waals surface area contributed by atoms with Crippen LogP contribution in [-0.4, -0.2) is 29.8 Å². The number of allylic oxidation sites excluding steroid dienone is 3. The molecule has 0 aliphatic carbocycles. The molecule has 0 aromatic heterocycles. The van der Waals surface area contributed by atoms with Crippen LogP contribution >= 0.6 is 0 Å². The van der Waals surface area contributed by atoms with Gasteiger partial charge in [0.15, 0.2) is 0 Å². The van der Waals surface area contributed by atoms with E-state index in [4.69, 9.17) is 0 Å². The molecule has 4 nitrogen and oxygen atoms in total. The summed E-state index contributed by atoms with van der Waals surface area (Å²) < 4.78 is 36.1. The third-order valence-corrected chi connectivity index (χ3v) is 14.5. The van der Waals surface area contributed by atoms with Gasteiger partial charge in [-0.1, -0.05) is 290 Å². The third-order valence-electron chi connectivity index (χ3n) is 13.8. The lowest BCUT2D eigenvalue weighted by Gasteiger charge is -2.27. The Kier molecular flexibility index (Phi) is 50.7. The lowest BCUT2D eigenvalue weighted by molar-refractivity contribution is -0.770. The molecule has 0 radical (unpaired) electrons. The van der Waals surface area contributed by atoms with Crippen LogP contribution in [0.4, 0.5) is 0 Å². The Hall–Kier alpha value is -0.910. The molecule has 0 bridgehead atoms. The SMILES string of the molecule is CCCCCCCCCCCCCCCCC/C=C/[N+](/C=C/CCCCCCCCCCCCCCCCC)(/C=C/CCCCCCCCCCCCCCCCC)CCS(=O)(=O)[O-]. The summed E-state index contributed by atoms with van der Waals surface area (Å²) in [6.07, 6.45) is 77.8. The van der Waals surface area contributed by atoms with Crippen LogP contribution in [-0.2, 0) is 10.1 Å². The van der Waals surface area contributed by atoms with Gasteiger partial charge in [0, 0.05) is 0 Å². The van der Waals surface area contributed by atoms with Gasteiger partial charge in [-0.3, -0.25) is 0 Å². The van der Waals surface area contributed by atoms with Crippen LogP contribution in [0, 0.1) is 0 Å². The molecular weight excluding hydrogens is 803 g/mol. The van der Waals surface area contributed by atoms with E-state index in [9.17, 15) is 13.0 Å². The van der Waals surface area contributed by atoms with E-state index in [0.29, 0.717) is 4.48 Å². The molecule has 0 heterocycles. The maximum Gasteiger partial charge on any atom is 0.104 e. The Labute approximate surface area is 403 Å². The van der Waals surface area contributed by atoms with E-state index in [-0.39, 0.29) is 12.3 Å². The zero-order chi connectivity index (χ0) is 46.6. The summed E-state index contributed by atoms with van der Waals surface area (Å²) in [6.45, 7) is 7.15. The quantitative estimate of drug-likeness (QED) is 0.0347. The molecule has 0 amide bonds. The highest BCUT2D eigenvalue weighted by Crippen LogP contribution is 2.20. The largest absolute Gasteiger partial charge is 0.748 e. The van der Waals surface area contributed by atoms with Gasteiger partial charge < -0.3 is 4.55 Å². The molecule has 0 saturated heterocycles. The zero-order valence-electron chi connectivity index (χ0n) is 43.9. The summed E-state index contributed by atoms with van der Waals surface area (Å²) in [5, 5.41) is 0. The fourth-order valence-corrected chi connectivity index (χ4v) is 9.90. The van der Waals surface area contributed by atoms with Crippen molar-refractivity contribution in [3.63, 3.8) is 0 Å². The van der Waals surface area contributed by atoms with Crippen molar-refractivity contribution in [2.24, 2.45) is 0 Å². The highest BCUT2D eigenvalue weighted by atomic mass is 32.2. The van der Waals surface area contributed by atoms with E-state index in [1.165, 1.54) is 289 Å². The van der Waals surface area contributed by atoms with Crippen molar-refractivity contribution in [2.75, 3.05) is 12.3 Å². The Morgan fingerprint density at radius 3 is 0.641 bits per heavy atom. The van der Waals surface area contributed by atoms with Crippen molar-refractivity contribution in [3.8, 4) is 0 Å². The smallest absolute Gasteiger partial charge is 0.104 e. The number of hydrogen-bond acceptors (Lipinski definition) is 3. The summed E-state index contributed by atoms with van der Waals surface area (Å²) in [6, 6.07) is 0. The summed E-state index contributed by atoms with van der Waals surface area (Å²) >= 11 is 0. The standard InChI is InChI=1S/C59H115NO3S/c1-4-7-10-13-16-19-22-25-28-31-34-37-40-43-46-49-52-55-60(58-59-64(61,62)63,56-53-50-47-44-41-38-35-32-29-26-23-20-17-14-11-8-5-2)57-54-51-48-45-42-39-36-33-30-27-24-21-18-15-12-9-6-3/h52-57H,4-51,58-59H2,1-3H3/b55-52+,56-53+,57-54+. The van der Waals surface area contributed by atoms with Crippen molar-refractivity contribution < 1.29 is 17.5 Å². The maximum atomic E-state index is 11.9. The van der Waals surface area contributed by atoms with Crippen LogP contribution in [0.1, 0.15) is 329 Å². The first-order valence-electron chi connectivity index (χ1n) is 29.2. The number of quaternary nitrogens is 1. The van der Waals surface area contributed by atoms with Crippen LogP contribution in [0.15, 0.2) is 36.8 Å². The summed E-state index contributed by atoms with van der Waals surface area (Å²) in [7, 11) is -4.31. The minimum absolute atomic E-state index is 0.270. The highest BCUT2D eigenvalue weighted by Gasteiger charge is 2.20. The molecule has 380 valence electrons. The molecule has 0 spiro atoms. The Morgan fingerprint density at radius 1 is 0.297 bits per heavy atom. The molecular formula is C59H115NO3S. The van der Waals surface area contributed by atoms with Gasteiger partial charge in [0.2, 0.25) is 0 Å². The van der Waals surface area contributed by atoms with Crippen molar-refractivity contribution in [3.05, 3.63) is 36.8 Å². The summed E-state index contributed by atoms with van der Waals surface area (Å²) in [5.41, 5.74) is 0. The average molecular weight is 919 g/mol. The van der Waals surface area contributed by atoms with Gasteiger partial charge >= 0.3 is 0 Å². The lowest BCUT2D eigenvalue weighted by atomic mass is 10.0. The number of unbranched alkanes of at least 4 members (excludes halogenated alkanes) is 45. The first-order valence-corrected chi connectivity index (χ1v) is 30.8. The van der Waals surface area contributed by atoms with Gasteiger partial charge in [0.1, 0.15) is 35.3 Å². The second-order valence-corrected chi connectivity index (χ2v) is 21.9. The molecule has 0 aromatic carbocycles. The van der Waals surface area contributed by atoms with E-state index in [0.717, 1.165) is 19.3 Å². The van der Waals surface area contributed by atoms with Crippen LogP contribution in [0.3, 0.4) is 0 Å². The number of rotatable bonds is 54. The van der Waals surface area contributed by atoms with Gasteiger partial charge in [-0.2, -0.15) is 0 Å². The molecule has 0 aliphatic heterocycles. The predicted molar refractivity (Wildman–Crippen MR) is 286 cm³/mol. The topological polar surface area (TPSA) is 57.2 Å². The van der Waals surface area contributed by atoms with Crippen LogP contribution in [0.25, 0.3) is 0 Å². The molecule has 0 unspecified atom stereocenters. The second kappa shape index (κ2) is 51.5. The van der Waals surface area contributed by atoms with Crippen LogP contribution in [0.5, 0.6) is 0 Å². The van der Waals surface area contributed by atoms with Crippen molar-refractivity contribution in [1.29, 1.82) is 0 Å².